The van der Waals surface area contributed by atoms with Gasteiger partial charge in [-0.05, 0) is 57.8 Å². The fraction of sp³-hybridized carbons (Fsp3) is 0.882. The molecule has 0 radical (unpaired) electrons. The molecule has 3 rings (SSSR count). The summed E-state index contributed by atoms with van der Waals surface area (Å²) in [5.41, 5.74) is -2.38. The predicted octanol–water partition coefficient (Wildman–Crippen LogP) is 0.657. The second-order valence-corrected chi connectivity index (χ2v) is 7.42. The Morgan fingerprint density at radius 3 is 1.30 bits per heavy atom. The molecule has 6 nitrogen and oxygen atoms in total. The number of carbonyl (C=O) groups is 2. The second-order valence-electron chi connectivity index (χ2n) is 7.42. The third-order valence-corrected chi connectivity index (χ3v) is 5.73. The van der Waals surface area contributed by atoms with Crippen molar-refractivity contribution in [3.8, 4) is 0 Å². The number of hydrogen-bond donors (Lipinski definition) is 2. The van der Waals surface area contributed by atoms with Crippen LogP contribution in [-0.2, 0) is 9.59 Å². The zero-order chi connectivity index (χ0) is 16.5. The van der Waals surface area contributed by atoms with Crippen LogP contribution in [0.4, 0.5) is 0 Å². The Balaban J connectivity index is 1.61. The third-order valence-electron chi connectivity index (χ3n) is 5.73. The molecule has 3 fully saturated rings. The molecule has 2 saturated carbocycles. The number of aliphatic hydroxyl groups is 2. The lowest BCUT2D eigenvalue weighted by molar-refractivity contribution is -0.152. The van der Waals surface area contributed by atoms with E-state index in [1.54, 1.807) is 9.80 Å². The third kappa shape index (κ3) is 3.24. The van der Waals surface area contributed by atoms with Gasteiger partial charge in [0, 0.05) is 26.2 Å². The molecule has 0 bridgehead atoms. The summed E-state index contributed by atoms with van der Waals surface area (Å²) in [6, 6.07) is 0. The van der Waals surface area contributed by atoms with Gasteiger partial charge < -0.3 is 20.0 Å². The van der Waals surface area contributed by atoms with E-state index in [1.807, 2.05) is 0 Å². The average Bonchev–Trinajstić information content (AvgIpc) is 3.10. The summed E-state index contributed by atoms with van der Waals surface area (Å²) in [4.78, 5) is 28.6. The Labute approximate surface area is 137 Å². The normalized spacial score (nSPS) is 27.0. The topological polar surface area (TPSA) is 81.1 Å². The number of carbonyl (C=O) groups excluding carboxylic acids is 2. The minimum absolute atomic E-state index is 0.177. The number of nitrogens with zero attached hydrogens (tertiary/aromatic N) is 2. The van der Waals surface area contributed by atoms with E-state index in [1.165, 1.54) is 0 Å². The Kier molecular flexibility index (Phi) is 4.65. The lowest BCUT2D eigenvalue weighted by Crippen LogP contribution is -2.50. The standard InChI is InChI=1S/C17H28N2O4/c20-14(16(22)6-1-2-7-16)18-10-5-11-19(13-12-18)15(21)17(23)8-3-4-9-17/h22-23H,1-13H2. The van der Waals surface area contributed by atoms with E-state index in [0.717, 1.165) is 25.7 Å². The van der Waals surface area contributed by atoms with Crippen molar-refractivity contribution < 1.29 is 19.8 Å². The lowest BCUT2D eigenvalue weighted by Gasteiger charge is -2.31. The molecule has 0 aromatic heterocycles. The Bertz CT molecular complexity index is 425. The summed E-state index contributed by atoms with van der Waals surface area (Å²) in [5.74, 6) is -0.354. The Hall–Kier alpha value is -1.14. The van der Waals surface area contributed by atoms with Crippen LogP contribution in [0.1, 0.15) is 57.8 Å². The zero-order valence-corrected chi connectivity index (χ0v) is 13.8. The van der Waals surface area contributed by atoms with Gasteiger partial charge >= 0.3 is 0 Å². The van der Waals surface area contributed by atoms with Crippen LogP contribution in [0.5, 0.6) is 0 Å². The predicted molar refractivity (Wildman–Crippen MR) is 84.6 cm³/mol. The lowest BCUT2D eigenvalue weighted by atomic mass is 10.0. The van der Waals surface area contributed by atoms with Crippen molar-refractivity contribution in [3.63, 3.8) is 0 Å². The maximum atomic E-state index is 12.6. The van der Waals surface area contributed by atoms with E-state index in [0.29, 0.717) is 58.3 Å². The molecule has 130 valence electrons. The molecule has 0 aromatic carbocycles. The first-order chi connectivity index (χ1) is 10.9. The monoisotopic (exact) mass is 324 g/mol. The van der Waals surface area contributed by atoms with Gasteiger partial charge in [-0.25, -0.2) is 0 Å². The van der Waals surface area contributed by atoms with E-state index < -0.39 is 11.2 Å². The van der Waals surface area contributed by atoms with Crippen molar-refractivity contribution in [1.82, 2.24) is 9.80 Å². The molecule has 6 heteroatoms. The van der Waals surface area contributed by atoms with Crippen molar-refractivity contribution in [2.24, 2.45) is 0 Å². The van der Waals surface area contributed by atoms with Crippen molar-refractivity contribution in [1.29, 1.82) is 0 Å². The summed E-state index contributed by atoms with van der Waals surface area (Å²) in [5, 5.41) is 21.0. The molecular formula is C17H28N2O4. The first-order valence-electron chi connectivity index (χ1n) is 8.98. The molecule has 0 aromatic rings. The second kappa shape index (κ2) is 6.40. The summed E-state index contributed by atoms with van der Waals surface area (Å²) >= 11 is 0. The number of hydrogen-bond acceptors (Lipinski definition) is 4. The van der Waals surface area contributed by atoms with E-state index >= 15 is 0 Å². The largest absolute Gasteiger partial charge is 0.380 e. The zero-order valence-electron chi connectivity index (χ0n) is 13.8. The van der Waals surface area contributed by atoms with Gasteiger partial charge in [0.05, 0.1) is 0 Å². The van der Waals surface area contributed by atoms with Gasteiger partial charge in [0.25, 0.3) is 11.8 Å². The van der Waals surface area contributed by atoms with Gasteiger partial charge in [-0.2, -0.15) is 0 Å². The molecule has 3 aliphatic rings. The molecule has 1 heterocycles. The van der Waals surface area contributed by atoms with Crippen LogP contribution in [0.3, 0.4) is 0 Å². The molecule has 1 saturated heterocycles. The molecule has 2 N–H and O–H groups in total. The van der Waals surface area contributed by atoms with Gasteiger partial charge in [0.1, 0.15) is 11.2 Å². The van der Waals surface area contributed by atoms with E-state index in [9.17, 15) is 19.8 Å². The van der Waals surface area contributed by atoms with E-state index in [-0.39, 0.29) is 11.8 Å². The van der Waals surface area contributed by atoms with Gasteiger partial charge in [0.15, 0.2) is 0 Å². The first-order valence-corrected chi connectivity index (χ1v) is 8.98. The van der Waals surface area contributed by atoms with Crippen molar-refractivity contribution in [3.05, 3.63) is 0 Å². The van der Waals surface area contributed by atoms with Crippen LogP contribution in [0.15, 0.2) is 0 Å². The summed E-state index contributed by atoms with van der Waals surface area (Å²) < 4.78 is 0. The molecule has 1 aliphatic heterocycles. The van der Waals surface area contributed by atoms with Gasteiger partial charge in [-0.1, -0.05) is 0 Å². The van der Waals surface area contributed by atoms with Gasteiger partial charge in [0.2, 0.25) is 0 Å². The summed E-state index contributed by atoms with van der Waals surface area (Å²) in [6.45, 7) is 2.04. The molecule has 0 atom stereocenters. The molecular weight excluding hydrogens is 296 g/mol. The van der Waals surface area contributed by atoms with E-state index in [2.05, 4.69) is 0 Å². The highest BCUT2D eigenvalue weighted by Gasteiger charge is 2.44. The summed E-state index contributed by atoms with van der Waals surface area (Å²) in [7, 11) is 0. The molecule has 0 unspecified atom stereocenters. The smallest absolute Gasteiger partial charge is 0.254 e. The Morgan fingerprint density at radius 2 is 0.957 bits per heavy atom. The van der Waals surface area contributed by atoms with Gasteiger partial charge in [-0.3, -0.25) is 9.59 Å². The molecule has 2 aliphatic carbocycles. The van der Waals surface area contributed by atoms with Crippen LogP contribution >= 0.6 is 0 Å². The quantitative estimate of drug-likeness (QED) is 0.782. The Morgan fingerprint density at radius 1 is 0.609 bits per heavy atom. The average molecular weight is 324 g/mol. The fourth-order valence-electron chi connectivity index (χ4n) is 4.26. The SMILES string of the molecule is O=C(N1CCCN(C(=O)C2(O)CCCC2)CC1)C1(O)CCCC1. The maximum absolute atomic E-state index is 12.6. The minimum Gasteiger partial charge on any atom is -0.380 e. The van der Waals surface area contributed by atoms with E-state index in [4.69, 9.17) is 0 Å². The highest BCUT2D eigenvalue weighted by molar-refractivity contribution is 5.86. The molecule has 23 heavy (non-hydrogen) atoms. The first kappa shape index (κ1) is 16.7. The fourth-order valence-corrected chi connectivity index (χ4v) is 4.26. The van der Waals surface area contributed by atoms with Crippen LogP contribution in [0, 0.1) is 0 Å². The number of amides is 2. The van der Waals surface area contributed by atoms with Crippen LogP contribution in [0.2, 0.25) is 0 Å². The number of rotatable bonds is 2. The molecule has 0 spiro atoms. The summed E-state index contributed by atoms with van der Waals surface area (Å²) in [6.07, 6.45) is 6.47. The van der Waals surface area contributed by atoms with Gasteiger partial charge in [-0.15, -0.1) is 0 Å². The van der Waals surface area contributed by atoms with Crippen molar-refractivity contribution in [2.75, 3.05) is 26.2 Å². The molecule has 2 amide bonds. The maximum Gasteiger partial charge on any atom is 0.254 e. The minimum atomic E-state index is -1.19. The van der Waals surface area contributed by atoms with Crippen molar-refractivity contribution >= 4 is 11.8 Å². The highest BCUT2D eigenvalue weighted by Crippen LogP contribution is 2.33. The van der Waals surface area contributed by atoms with Crippen molar-refractivity contribution in [2.45, 2.75) is 69.0 Å². The van der Waals surface area contributed by atoms with Crippen LogP contribution < -0.4 is 0 Å². The van der Waals surface area contributed by atoms with Crippen LogP contribution in [-0.4, -0.2) is 69.2 Å². The highest BCUT2D eigenvalue weighted by atomic mass is 16.3. The van der Waals surface area contributed by atoms with Crippen LogP contribution in [0.25, 0.3) is 0 Å².